The summed E-state index contributed by atoms with van der Waals surface area (Å²) >= 11 is 0. The molecule has 1 aliphatic heterocycles. The van der Waals surface area contributed by atoms with Gasteiger partial charge in [-0.25, -0.2) is 9.97 Å². The standard InChI is InChI=1S/C29H28N4/c1-2-7-21(8-3-1)27-19-31-29(22-12-14-30-15-13-22)32-28(27)25-11-6-16-33(20-25)26-17-23-9-4-5-10-24(23)18-26/h1-5,7-10,12-15,19,25-26H,6,11,16-18,20H2. The van der Waals surface area contributed by atoms with Gasteiger partial charge in [-0.05, 0) is 61.1 Å². The van der Waals surface area contributed by atoms with Crippen LogP contribution in [-0.2, 0) is 12.8 Å². The first-order valence-electron chi connectivity index (χ1n) is 12.0. The van der Waals surface area contributed by atoms with E-state index in [0.29, 0.717) is 12.0 Å². The molecular formula is C29H28N4. The van der Waals surface area contributed by atoms with Crippen LogP contribution in [0.3, 0.4) is 0 Å². The normalized spacial score (nSPS) is 18.8. The molecule has 0 amide bonds. The van der Waals surface area contributed by atoms with Gasteiger partial charge in [0.05, 0.1) is 5.69 Å². The Balaban J connectivity index is 1.34. The van der Waals surface area contributed by atoms with Crippen molar-refractivity contribution >= 4 is 0 Å². The molecule has 0 radical (unpaired) electrons. The fourth-order valence-electron chi connectivity index (χ4n) is 5.54. The van der Waals surface area contributed by atoms with Gasteiger partial charge >= 0.3 is 0 Å². The molecule has 1 unspecified atom stereocenters. The lowest BCUT2D eigenvalue weighted by atomic mass is 9.89. The Labute approximate surface area is 195 Å². The van der Waals surface area contributed by atoms with E-state index in [1.54, 1.807) is 0 Å². The molecule has 4 heteroatoms. The topological polar surface area (TPSA) is 41.9 Å². The maximum absolute atomic E-state index is 5.18. The van der Waals surface area contributed by atoms with Gasteiger partial charge in [0.15, 0.2) is 5.82 Å². The maximum Gasteiger partial charge on any atom is 0.159 e. The summed E-state index contributed by atoms with van der Waals surface area (Å²) in [6.07, 6.45) is 10.4. The summed E-state index contributed by atoms with van der Waals surface area (Å²) in [6.45, 7) is 2.24. The largest absolute Gasteiger partial charge is 0.299 e. The van der Waals surface area contributed by atoms with Crippen LogP contribution >= 0.6 is 0 Å². The lowest BCUT2D eigenvalue weighted by Gasteiger charge is -2.37. The first-order valence-corrected chi connectivity index (χ1v) is 12.0. The third kappa shape index (κ3) is 4.07. The smallest absolute Gasteiger partial charge is 0.159 e. The first-order chi connectivity index (χ1) is 16.3. The van der Waals surface area contributed by atoms with Crippen LogP contribution in [0.5, 0.6) is 0 Å². The second-order valence-corrected chi connectivity index (χ2v) is 9.26. The van der Waals surface area contributed by atoms with Crippen LogP contribution in [0.4, 0.5) is 0 Å². The van der Waals surface area contributed by atoms with Crippen LogP contribution in [0.15, 0.2) is 85.3 Å². The van der Waals surface area contributed by atoms with E-state index in [2.05, 4.69) is 64.5 Å². The van der Waals surface area contributed by atoms with Gasteiger partial charge in [-0.3, -0.25) is 9.88 Å². The summed E-state index contributed by atoms with van der Waals surface area (Å²) in [4.78, 5) is 16.8. The van der Waals surface area contributed by atoms with Gasteiger partial charge in [-0.1, -0.05) is 54.6 Å². The predicted molar refractivity (Wildman–Crippen MR) is 132 cm³/mol. The summed E-state index contributed by atoms with van der Waals surface area (Å²) in [7, 11) is 0. The summed E-state index contributed by atoms with van der Waals surface area (Å²) in [6, 6.07) is 24.1. The minimum absolute atomic E-state index is 0.404. The molecule has 3 heterocycles. The van der Waals surface area contributed by atoms with Crippen LogP contribution in [0, 0.1) is 0 Å². The van der Waals surface area contributed by atoms with E-state index >= 15 is 0 Å². The molecule has 0 bridgehead atoms. The van der Waals surface area contributed by atoms with E-state index in [1.165, 1.54) is 54.6 Å². The lowest BCUT2D eigenvalue weighted by molar-refractivity contribution is 0.151. The van der Waals surface area contributed by atoms with Crippen molar-refractivity contribution in [2.75, 3.05) is 13.1 Å². The highest BCUT2D eigenvalue weighted by Gasteiger charge is 2.32. The quantitative estimate of drug-likeness (QED) is 0.424. The summed E-state index contributed by atoms with van der Waals surface area (Å²) in [5.74, 6) is 1.19. The number of nitrogens with zero attached hydrogens (tertiary/aromatic N) is 4. The molecule has 6 rings (SSSR count). The van der Waals surface area contributed by atoms with Crippen LogP contribution in [0.25, 0.3) is 22.5 Å². The van der Waals surface area contributed by atoms with Crippen molar-refractivity contribution < 1.29 is 0 Å². The third-order valence-corrected chi connectivity index (χ3v) is 7.23. The molecule has 0 N–H and O–H groups in total. The molecule has 2 aliphatic rings. The molecule has 4 nitrogen and oxygen atoms in total. The Bertz CT molecular complexity index is 1210. The van der Waals surface area contributed by atoms with E-state index in [1.807, 2.05) is 30.7 Å². The van der Waals surface area contributed by atoms with Gasteiger partial charge in [-0.2, -0.15) is 0 Å². The SMILES string of the molecule is c1ccc(-c2cnc(-c3ccncc3)nc2C2CCCN(C3Cc4ccccc4C3)C2)cc1. The highest BCUT2D eigenvalue weighted by Crippen LogP contribution is 2.36. The average molecular weight is 433 g/mol. The summed E-state index contributed by atoms with van der Waals surface area (Å²) < 4.78 is 0. The number of likely N-dealkylation sites (tertiary alicyclic amines) is 1. The van der Waals surface area contributed by atoms with Crippen LogP contribution < -0.4 is 0 Å². The molecule has 0 spiro atoms. The Kier molecular flexibility index (Phi) is 5.45. The second-order valence-electron chi connectivity index (χ2n) is 9.26. The zero-order valence-electron chi connectivity index (χ0n) is 18.8. The maximum atomic E-state index is 5.18. The molecule has 1 atom stereocenters. The number of piperidine rings is 1. The van der Waals surface area contributed by atoms with Crippen molar-refractivity contribution in [2.45, 2.75) is 37.6 Å². The number of fused-ring (bicyclic) bond motifs is 1. The Morgan fingerprint density at radius 1 is 0.788 bits per heavy atom. The Morgan fingerprint density at radius 3 is 2.27 bits per heavy atom. The van der Waals surface area contributed by atoms with Gasteiger partial charge in [0, 0.05) is 48.2 Å². The van der Waals surface area contributed by atoms with Crippen molar-refractivity contribution in [3.8, 4) is 22.5 Å². The zero-order chi connectivity index (χ0) is 22.0. The van der Waals surface area contributed by atoms with Gasteiger partial charge in [0.2, 0.25) is 0 Å². The molecule has 2 aromatic carbocycles. The second kappa shape index (κ2) is 8.87. The molecule has 1 aliphatic carbocycles. The number of benzene rings is 2. The average Bonchev–Trinajstić information content (AvgIpc) is 3.34. The molecule has 4 aromatic rings. The van der Waals surface area contributed by atoms with Crippen molar-refractivity contribution in [2.24, 2.45) is 0 Å². The van der Waals surface area contributed by atoms with Crippen molar-refractivity contribution in [3.05, 3.63) is 102 Å². The minimum atomic E-state index is 0.404. The molecule has 1 fully saturated rings. The Hall–Kier alpha value is -3.37. The van der Waals surface area contributed by atoms with Gasteiger partial charge in [0.25, 0.3) is 0 Å². The van der Waals surface area contributed by atoms with E-state index in [0.717, 1.165) is 23.5 Å². The predicted octanol–water partition coefficient (Wildman–Crippen LogP) is 5.55. The lowest BCUT2D eigenvalue weighted by Crippen LogP contribution is -2.42. The molecule has 0 saturated carbocycles. The van der Waals surface area contributed by atoms with Crippen LogP contribution in [-0.4, -0.2) is 39.0 Å². The van der Waals surface area contributed by atoms with Gasteiger partial charge in [0.1, 0.15) is 0 Å². The number of rotatable bonds is 4. The fraction of sp³-hybridized carbons (Fsp3) is 0.276. The number of aromatic nitrogens is 3. The summed E-state index contributed by atoms with van der Waals surface area (Å²) in [5, 5.41) is 0. The minimum Gasteiger partial charge on any atom is -0.299 e. The highest BCUT2D eigenvalue weighted by atomic mass is 15.2. The van der Waals surface area contributed by atoms with E-state index in [4.69, 9.17) is 9.97 Å². The van der Waals surface area contributed by atoms with Gasteiger partial charge in [-0.15, -0.1) is 0 Å². The zero-order valence-corrected chi connectivity index (χ0v) is 18.8. The van der Waals surface area contributed by atoms with E-state index < -0.39 is 0 Å². The van der Waals surface area contributed by atoms with Crippen molar-refractivity contribution in [1.29, 1.82) is 0 Å². The summed E-state index contributed by atoms with van der Waals surface area (Å²) in [5.41, 5.74) is 7.61. The van der Waals surface area contributed by atoms with Crippen molar-refractivity contribution in [3.63, 3.8) is 0 Å². The molecule has 164 valence electrons. The van der Waals surface area contributed by atoms with Crippen molar-refractivity contribution in [1.82, 2.24) is 19.9 Å². The van der Waals surface area contributed by atoms with E-state index in [9.17, 15) is 0 Å². The highest BCUT2D eigenvalue weighted by molar-refractivity contribution is 5.67. The monoisotopic (exact) mass is 432 g/mol. The first kappa shape index (κ1) is 20.3. The number of hydrogen-bond donors (Lipinski definition) is 0. The van der Waals surface area contributed by atoms with E-state index in [-0.39, 0.29) is 0 Å². The third-order valence-electron chi connectivity index (χ3n) is 7.23. The number of hydrogen-bond acceptors (Lipinski definition) is 4. The van der Waals surface area contributed by atoms with Crippen LogP contribution in [0.2, 0.25) is 0 Å². The van der Waals surface area contributed by atoms with Crippen LogP contribution in [0.1, 0.15) is 35.6 Å². The molecular weight excluding hydrogens is 404 g/mol. The molecule has 2 aromatic heterocycles. The Morgan fingerprint density at radius 2 is 1.52 bits per heavy atom. The molecule has 1 saturated heterocycles. The molecule has 33 heavy (non-hydrogen) atoms. The number of pyridine rings is 1. The van der Waals surface area contributed by atoms with Gasteiger partial charge < -0.3 is 0 Å². The fourth-order valence-corrected chi connectivity index (χ4v) is 5.54.